The van der Waals surface area contributed by atoms with Crippen LogP contribution in [0.25, 0.3) is 0 Å². The molecule has 21 heavy (non-hydrogen) atoms. The molecule has 0 amide bonds. The molecule has 1 aliphatic rings. The van der Waals surface area contributed by atoms with Gasteiger partial charge in [0.2, 0.25) is 0 Å². The summed E-state index contributed by atoms with van der Waals surface area (Å²) >= 11 is 3.64. The molecule has 1 N–H and O–H groups in total. The minimum atomic E-state index is 0.391. The lowest BCUT2D eigenvalue weighted by molar-refractivity contribution is 0.362. The van der Waals surface area contributed by atoms with Crippen molar-refractivity contribution in [2.45, 2.75) is 59.0 Å². The van der Waals surface area contributed by atoms with Crippen LogP contribution in [0.15, 0.2) is 22.7 Å². The summed E-state index contributed by atoms with van der Waals surface area (Å²) in [5.74, 6) is 0.772. The maximum atomic E-state index is 3.64. The van der Waals surface area contributed by atoms with Crippen molar-refractivity contribution in [3.8, 4) is 0 Å². The van der Waals surface area contributed by atoms with Crippen LogP contribution in [0.3, 0.4) is 0 Å². The number of rotatable bonds is 5. The molecule has 1 heterocycles. The summed E-state index contributed by atoms with van der Waals surface area (Å²) in [5.41, 5.74) is 2.83. The quantitative estimate of drug-likeness (QED) is 0.789. The largest absolute Gasteiger partial charge is 0.368 e. The average Bonchev–Trinajstić information content (AvgIpc) is 2.48. The zero-order chi connectivity index (χ0) is 15.4. The first-order valence-electron chi connectivity index (χ1n) is 8.34. The van der Waals surface area contributed by atoms with E-state index in [1.807, 2.05) is 0 Å². The third kappa shape index (κ3) is 4.01. The van der Waals surface area contributed by atoms with Gasteiger partial charge in [0.15, 0.2) is 0 Å². The third-order valence-corrected chi connectivity index (χ3v) is 5.33. The van der Waals surface area contributed by atoms with E-state index in [2.05, 4.69) is 72.0 Å². The summed E-state index contributed by atoms with van der Waals surface area (Å²) in [5, 5.41) is 3.63. The van der Waals surface area contributed by atoms with Crippen LogP contribution in [0.5, 0.6) is 0 Å². The van der Waals surface area contributed by atoms with Gasteiger partial charge >= 0.3 is 0 Å². The molecule has 3 heteroatoms. The van der Waals surface area contributed by atoms with Crippen LogP contribution in [-0.4, -0.2) is 19.1 Å². The number of hydrogen-bond donors (Lipinski definition) is 1. The molecule has 1 saturated heterocycles. The van der Waals surface area contributed by atoms with E-state index >= 15 is 0 Å². The number of benzene rings is 1. The molecule has 0 spiro atoms. The Labute approximate surface area is 138 Å². The minimum Gasteiger partial charge on any atom is -0.368 e. The molecular weight excluding hydrogens is 324 g/mol. The maximum absolute atomic E-state index is 3.64. The van der Waals surface area contributed by atoms with Crippen LogP contribution in [0.1, 0.15) is 58.6 Å². The Balaban J connectivity index is 2.29. The van der Waals surface area contributed by atoms with Crippen molar-refractivity contribution in [2.75, 3.05) is 18.0 Å². The van der Waals surface area contributed by atoms with Crippen molar-refractivity contribution in [3.05, 3.63) is 28.2 Å². The molecule has 1 aliphatic heterocycles. The van der Waals surface area contributed by atoms with Crippen molar-refractivity contribution < 1.29 is 0 Å². The standard InChI is InChI=1S/C18H29BrN2/c1-5-10-20-14(3)17-12-16(19)8-9-18(17)21-11-6-7-13(2)15(21)4/h8-9,12-15,20H,5-7,10-11H2,1-4H3. The fraction of sp³-hybridized carbons (Fsp3) is 0.667. The molecule has 3 atom stereocenters. The lowest BCUT2D eigenvalue weighted by atomic mass is 9.90. The highest BCUT2D eigenvalue weighted by molar-refractivity contribution is 9.10. The van der Waals surface area contributed by atoms with E-state index in [-0.39, 0.29) is 0 Å². The van der Waals surface area contributed by atoms with Crippen LogP contribution in [0.4, 0.5) is 5.69 Å². The predicted molar refractivity (Wildman–Crippen MR) is 96.1 cm³/mol. The minimum absolute atomic E-state index is 0.391. The fourth-order valence-electron chi connectivity index (χ4n) is 3.28. The first kappa shape index (κ1) is 16.8. The molecule has 118 valence electrons. The van der Waals surface area contributed by atoms with Gasteiger partial charge < -0.3 is 10.2 Å². The summed E-state index contributed by atoms with van der Waals surface area (Å²) in [7, 11) is 0. The van der Waals surface area contributed by atoms with Crippen LogP contribution in [-0.2, 0) is 0 Å². The summed E-state index contributed by atoms with van der Waals surface area (Å²) in [6.07, 6.45) is 3.83. The van der Waals surface area contributed by atoms with E-state index in [4.69, 9.17) is 0 Å². The SMILES string of the molecule is CCCNC(C)c1cc(Br)ccc1N1CCCC(C)C1C. The average molecular weight is 353 g/mol. The van der Waals surface area contributed by atoms with Crippen LogP contribution in [0, 0.1) is 5.92 Å². The highest BCUT2D eigenvalue weighted by Crippen LogP contribution is 2.35. The Morgan fingerprint density at radius 2 is 2.14 bits per heavy atom. The molecule has 0 saturated carbocycles. The van der Waals surface area contributed by atoms with E-state index in [0.717, 1.165) is 12.5 Å². The molecule has 1 aromatic carbocycles. The van der Waals surface area contributed by atoms with E-state index in [1.54, 1.807) is 0 Å². The summed E-state index contributed by atoms with van der Waals surface area (Å²) < 4.78 is 1.17. The van der Waals surface area contributed by atoms with Gasteiger partial charge in [-0.25, -0.2) is 0 Å². The number of nitrogens with zero attached hydrogens (tertiary/aromatic N) is 1. The Kier molecular flexibility index (Phi) is 6.12. The van der Waals surface area contributed by atoms with Crippen molar-refractivity contribution >= 4 is 21.6 Å². The Bertz CT molecular complexity index is 461. The van der Waals surface area contributed by atoms with E-state index in [0.29, 0.717) is 12.1 Å². The van der Waals surface area contributed by atoms with Gasteiger partial charge in [-0.1, -0.05) is 29.8 Å². The normalized spacial score (nSPS) is 24.1. The van der Waals surface area contributed by atoms with Gasteiger partial charge in [0.05, 0.1) is 0 Å². The zero-order valence-electron chi connectivity index (χ0n) is 13.8. The first-order chi connectivity index (χ1) is 10.0. The van der Waals surface area contributed by atoms with Gasteiger partial charge in [-0.05, 0) is 69.3 Å². The lowest BCUT2D eigenvalue weighted by Gasteiger charge is -2.41. The highest BCUT2D eigenvalue weighted by Gasteiger charge is 2.27. The highest BCUT2D eigenvalue weighted by atomic mass is 79.9. The van der Waals surface area contributed by atoms with Gasteiger partial charge in [-0.15, -0.1) is 0 Å². The van der Waals surface area contributed by atoms with Crippen LogP contribution in [0.2, 0.25) is 0 Å². The summed E-state index contributed by atoms with van der Waals surface area (Å²) in [6, 6.07) is 7.77. The number of nitrogens with one attached hydrogen (secondary N) is 1. The zero-order valence-corrected chi connectivity index (χ0v) is 15.4. The van der Waals surface area contributed by atoms with Gasteiger partial charge in [0.1, 0.15) is 0 Å². The van der Waals surface area contributed by atoms with Gasteiger partial charge in [-0.3, -0.25) is 0 Å². The third-order valence-electron chi connectivity index (χ3n) is 4.84. The van der Waals surface area contributed by atoms with Gasteiger partial charge in [0.25, 0.3) is 0 Å². The van der Waals surface area contributed by atoms with Crippen molar-refractivity contribution in [2.24, 2.45) is 5.92 Å². The number of piperidine rings is 1. The Hall–Kier alpha value is -0.540. The molecule has 2 nitrogen and oxygen atoms in total. The second-order valence-electron chi connectivity index (χ2n) is 6.43. The van der Waals surface area contributed by atoms with Gasteiger partial charge in [0, 0.05) is 28.8 Å². The number of anilines is 1. The van der Waals surface area contributed by atoms with Crippen LogP contribution < -0.4 is 10.2 Å². The van der Waals surface area contributed by atoms with Crippen LogP contribution >= 0.6 is 15.9 Å². The smallest absolute Gasteiger partial charge is 0.0417 e. The topological polar surface area (TPSA) is 15.3 Å². The summed E-state index contributed by atoms with van der Waals surface area (Å²) in [4.78, 5) is 2.61. The van der Waals surface area contributed by atoms with Crippen molar-refractivity contribution in [1.82, 2.24) is 5.32 Å². The van der Waals surface area contributed by atoms with Crippen molar-refractivity contribution in [3.63, 3.8) is 0 Å². The fourth-order valence-corrected chi connectivity index (χ4v) is 3.66. The first-order valence-corrected chi connectivity index (χ1v) is 9.13. The van der Waals surface area contributed by atoms with Crippen molar-refractivity contribution in [1.29, 1.82) is 0 Å². The van der Waals surface area contributed by atoms with Gasteiger partial charge in [-0.2, -0.15) is 0 Å². The Morgan fingerprint density at radius 1 is 1.38 bits per heavy atom. The van der Waals surface area contributed by atoms with E-state index in [9.17, 15) is 0 Å². The maximum Gasteiger partial charge on any atom is 0.0417 e. The van der Waals surface area contributed by atoms with E-state index in [1.165, 1.54) is 41.5 Å². The molecule has 0 radical (unpaired) electrons. The molecular formula is C18H29BrN2. The molecule has 0 aliphatic carbocycles. The summed E-state index contributed by atoms with van der Waals surface area (Å²) in [6.45, 7) is 11.5. The molecule has 0 aromatic heterocycles. The Morgan fingerprint density at radius 3 is 2.86 bits per heavy atom. The lowest BCUT2D eigenvalue weighted by Crippen LogP contribution is -2.43. The molecule has 3 unspecified atom stereocenters. The second kappa shape index (κ2) is 7.64. The second-order valence-corrected chi connectivity index (χ2v) is 7.35. The number of hydrogen-bond acceptors (Lipinski definition) is 2. The molecule has 0 bridgehead atoms. The number of halogens is 1. The monoisotopic (exact) mass is 352 g/mol. The van der Waals surface area contributed by atoms with E-state index < -0.39 is 0 Å². The predicted octanol–water partition coefficient (Wildman–Crippen LogP) is 5.13. The molecule has 1 aromatic rings. The molecule has 2 rings (SSSR count). The molecule has 1 fully saturated rings.